The van der Waals surface area contributed by atoms with E-state index in [9.17, 15) is 0 Å². The third-order valence-corrected chi connectivity index (χ3v) is 3.27. The number of halogens is 1. The van der Waals surface area contributed by atoms with Crippen LogP contribution in [0.2, 0.25) is 5.02 Å². The molecule has 2 heteroatoms. The highest BCUT2D eigenvalue weighted by Gasteiger charge is 2.12. The van der Waals surface area contributed by atoms with Crippen LogP contribution in [-0.2, 0) is 6.42 Å². The molecule has 1 N–H and O–H groups in total. The van der Waals surface area contributed by atoms with Gasteiger partial charge in [0, 0.05) is 11.1 Å². The van der Waals surface area contributed by atoms with Crippen molar-refractivity contribution in [3.63, 3.8) is 0 Å². The maximum absolute atomic E-state index is 6.05. The molecular weight excluding hydrogens is 242 g/mol. The number of nitrogens with one attached hydrogen (secondary N) is 1. The smallest absolute Gasteiger partial charge is 0.0408 e. The lowest BCUT2D eigenvalue weighted by atomic mass is 9.90. The van der Waals surface area contributed by atoms with E-state index in [0.29, 0.717) is 12.0 Å². The predicted octanol–water partition coefficient (Wildman–Crippen LogP) is 4.54. The van der Waals surface area contributed by atoms with Gasteiger partial charge in [-0.2, -0.15) is 0 Å². The Hall–Kier alpha value is -0.530. The van der Waals surface area contributed by atoms with Gasteiger partial charge < -0.3 is 5.32 Å². The van der Waals surface area contributed by atoms with E-state index in [1.807, 2.05) is 12.1 Å². The van der Waals surface area contributed by atoms with Crippen molar-refractivity contribution in [1.82, 2.24) is 5.32 Å². The van der Waals surface area contributed by atoms with Gasteiger partial charge in [-0.05, 0) is 48.9 Å². The molecule has 1 aromatic carbocycles. The van der Waals surface area contributed by atoms with Crippen molar-refractivity contribution >= 4 is 11.6 Å². The van der Waals surface area contributed by atoms with Crippen LogP contribution < -0.4 is 5.32 Å². The average Bonchev–Trinajstić information content (AvgIpc) is 2.25. The molecule has 0 aliphatic carbocycles. The highest BCUT2D eigenvalue weighted by Crippen LogP contribution is 2.19. The fourth-order valence-electron chi connectivity index (χ4n) is 2.31. The van der Waals surface area contributed by atoms with Crippen LogP contribution in [0, 0.1) is 11.8 Å². The highest BCUT2D eigenvalue weighted by atomic mass is 35.5. The molecular formula is C16H26ClN. The Bertz CT molecular complexity index is 347. The predicted molar refractivity (Wildman–Crippen MR) is 81.2 cm³/mol. The fourth-order valence-corrected chi connectivity index (χ4v) is 2.52. The van der Waals surface area contributed by atoms with Crippen molar-refractivity contribution < 1.29 is 0 Å². The van der Waals surface area contributed by atoms with Gasteiger partial charge in [-0.15, -0.1) is 0 Å². The first-order valence-electron chi connectivity index (χ1n) is 6.95. The highest BCUT2D eigenvalue weighted by molar-refractivity contribution is 6.30. The van der Waals surface area contributed by atoms with Gasteiger partial charge >= 0.3 is 0 Å². The molecule has 0 saturated carbocycles. The van der Waals surface area contributed by atoms with Crippen LogP contribution in [0.5, 0.6) is 0 Å². The molecule has 1 rings (SSSR count). The Morgan fingerprint density at radius 1 is 1.17 bits per heavy atom. The van der Waals surface area contributed by atoms with Gasteiger partial charge in [-0.3, -0.25) is 0 Å². The molecule has 102 valence electrons. The quantitative estimate of drug-likeness (QED) is 0.765. The first-order chi connectivity index (χ1) is 8.47. The minimum atomic E-state index is 0.555. The van der Waals surface area contributed by atoms with E-state index in [2.05, 4.69) is 45.1 Å². The molecule has 0 aliphatic rings. The van der Waals surface area contributed by atoms with E-state index < -0.39 is 0 Å². The van der Waals surface area contributed by atoms with Gasteiger partial charge in [0.1, 0.15) is 0 Å². The number of hydrogen-bond acceptors (Lipinski definition) is 1. The van der Waals surface area contributed by atoms with Crippen molar-refractivity contribution in [2.45, 2.75) is 46.6 Å². The summed E-state index contributed by atoms with van der Waals surface area (Å²) in [6.45, 7) is 10.1. The Morgan fingerprint density at radius 2 is 1.89 bits per heavy atom. The summed E-state index contributed by atoms with van der Waals surface area (Å²) in [5.74, 6) is 1.43. The second-order valence-corrected chi connectivity index (χ2v) is 6.33. The van der Waals surface area contributed by atoms with Crippen LogP contribution in [0.1, 0.15) is 39.7 Å². The SMILES string of the molecule is CC(C)CC(CNC(C)C)Cc1cccc(Cl)c1. The summed E-state index contributed by atoms with van der Waals surface area (Å²) in [5, 5.41) is 4.39. The summed E-state index contributed by atoms with van der Waals surface area (Å²) >= 11 is 6.05. The van der Waals surface area contributed by atoms with Gasteiger partial charge in [0.2, 0.25) is 0 Å². The first-order valence-corrected chi connectivity index (χ1v) is 7.33. The lowest BCUT2D eigenvalue weighted by molar-refractivity contribution is 0.373. The van der Waals surface area contributed by atoms with Crippen LogP contribution in [0.3, 0.4) is 0 Å². The molecule has 0 fully saturated rings. The Morgan fingerprint density at radius 3 is 2.44 bits per heavy atom. The van der Waals surface area contributed by atoms with Gasteiger partial charge in [-0.25, -0.2) is 0 Å². The molecule has 1 aromatic rings. The largest absolute Gasteiger partial charge is 0.314 e. The minimum Gasteiger partial charge on any atom is -0.314 e. The molecule has 0 radical (unpaired) electrons. The van der Waals surface area contributed by atoms with E-state index >= 15 is 0 Å². The molecule has 0 aliphatic heterocycles. The monoisotopic (exact) mass is 267 g/mol. The molecule has 0 aromatic heterocycles. The van der Waals surface area contributed by atoms with E-state index in [-0.39, 0.29) is 0 Å². The molecule has 18 heavy (non-hydrogen) atoms. The van der Waals surface area contributed by atoms with Crippen molar-refractivity contribution in [2.24, 2.45) is 11.8 Å². The van der Waals surface area contributed by atoms with E-state index in [4.69, 9.17) is 11.6 Å². The Kier molecular flexibility index (Phi) is 6.73. The lowest BCUT2D eigenvalue weighted by Gasteiger charge is -2.21. The topological polar surface area (TPSA) is 12.0 Å². The van der Waals surface area contributed by atoms with Crippen LogP contribution >= 0.6 is 11.6 Å². The van der Waals surface area contributed by atoms with E-state index in [1.54, 1.807) is 0 Å². The molecule has 1 unspecified atom stereocenters. The van der Waals surface area contributed by atoms with Crippen LogP contribution in [0.15, 0.2) is 24.3 Å². The Labute approximate surface area is 117 Å². The second kappa shape index (κ2) is 7.81. The molecule has 0 spiro atoms. The molecule has 1 nitrogen and oxygen atoms in total. The summed E-state index contributed by atoms with van der Waals surface area (Å²) < 4.78 is 0. The molecule has 1 atom stereocenters. The molecule has 0 saturated heterocycles. The summed E-state index contributed by atoms with van der Waals surface area (Å²) in [6, 6.07) is 8.80. The van der Waals surface area contributed by atoms with Crippen molar-refractivity contribution in [3.05, 3.63) is 34.9 Å². The minimum absolute atomic E-state index is 0.555. The molecule has 0 amide bonds. The number of rotatable bonds is 7. The Balaban J connectivity index is 2.59. The zero-order valence-electron chi connectivity index (χ0n) is 12.0. The maximum Gasteiger partial charge on any atom is 0.0408 e. The van der Waals surface area contributed by atoms with E-state index in [0.717, 1.165) is 23.9 Å². The zero-order chi connectivity index (χ0) is 13.5. The summed E-state index contributed by atoms with van der Waals surface area (Å²) in [7, 11) is 0. The van der Waals surface area contributed by atoms with Crippen molar-refractivity contribution in [1.29, 1.82) is 0 Å². The van der Waals surface area contributed by atoms with Gasteiger partial charge in [-0.1, -0.05) is 51.4 Å². The summed E-state index contributed by atoms with van der Waals surface area (Å²) in [4.78, 5) is 0. The lowest BCUT2D eigenvalue weighted by Crippen LogP contribution is -2.30. The summed E-state index contributed by atoms with van der Waals surface area (Å²) in [6.07, 6.45) is 2.37. The maximum atomic E-state index is 6.05. The number of hydrogen-bond donors (Lipinski definition) is 1. The van der Waals surface area contributed by atoms with E-state index in [1.165, 1.54) is 12.0 Å². The zero-order valence-corrected chi connectivity index (χ0v) is 12.8. The average molecular weight is 268 g/mol. The van der Waals surface area contributed by atoms with Gasteiger partial charge in [0.15, 0.2) is 0 Å². The normalized spacial score (nSPS) is 13.3. The standard InChI is InChI=1S/C16H26ClN/c1-12(2)8-15(11-18-13(3)4)9-14-6-5-7-16(17)10-14/h5-7,10,12-13,15,18H,8-9,11H2,1-4H3. The van der Waals surface area contributed by atoms with Crippen LogP contribution in [-0.4, -0.2) is 12.6 Å². The first kappa shape index (κ1) is 15.5. The fraction of sp³-hybridized carbons (Fsp3) is 0.625. The second-order valence-electron chi connectivity index (χ2n) is 5.89. The molecule has 0 heterocycles. The molecule has 0 bridgehead atoms. The van der Waals surface area contributed by atoms with Crippen molar-refractivity contribution in [2.75, 3.05) is 6.54 Å². The van der Waals surface area contributed by atoms with Crippen molar-refractivity contribution in [3.8, 4) is 0 Å². The third-order valence-electron chi connectivity index (χ3n) is 3.03. The van der Waals surface area contributed by atoms with Gasteiger partial charge in [0.25, 0.3) is 0 Å². The van der Waals surface area contributed by atoms with Gasteiger partial charge in [0.05, 0.1) is 0 Å². The van der Waals surface area contributed by atoms with Crippen LogP contribution in [0.25, 0.3) is 0 Å². The third kappa shape index (κ3) is 6.42. The summed E-state index contributed by atoms with van der Waals surface area (Å²) in [5.41, 5.74) is 1.35. The number of benzene rings is 1. The van der Waals surface area contributed by atoms with Crippen LogP contribution in [0.4, 0.5) is 0 Å².